The largest absolute Gasteiger partial charge is 0.384 e. The van der Waals surface area contributed by atoms with E-state index in [0.717, 1.165) is 30.5 Å². The van der Waals surface area contributed by atoms with Gasteiger partial charge in [0.25, 0.3) is 5.69 Å². The molecule has 0 aliphatic heterocycles. The van der Waals surface area contributed by atoms with E-state index >= 15 is 4.39 Å². The maximum absolute atomic E-state index is 15.4. The van der Waals surface area contributed by atoms with Crippen molar-refractivity contribution in [1.82, 2.24) is 35.0 Å². The molecule has 0 spiro atoms. The molecule has 0 amide bonds. The predicted molar refractivity (Wildman–Crippen MR) is 133 cm³/mol. The quantitative estimate of drug-likeness (QED) is 0.270. The number of benzene rings is 1. The molecule has 0 unspecified atom stereocenters. The third-order valence-corrected chi connectivity index (χ3v) is 6.94. The van der Waals surface area contributed by atoms with Crippen molar-refractivity contribution < 1.29 is 18.3 Å². The Morgan fingerprint density at radius 2 is 2.05 bits per heavy atom. The van der Waals surface area contributed by atoms with Crippen LogP contribution in [0.4, 0.5) is 14.6 Å². The number of pyridine rings is 2. The Morgan fingerprint density at radius 3 is 2.82 bits per heavy atom. The van der Waals surface area contributed by atoms with Gasteiger partial charge >= 0.3 is 0 Å². The molecule has 4 heterocycles. The van der Waals surface area contributed by atoms with E-state index in [4.69, 9.17) is 22.2 Å². The zero-order valence-electron chi connectivity index (χ0n) is 20.1. The third-order valence-electron chi connectivity index (χ3n) is 6.65. The van der Waals surface area contributed by atoms with E-state index in [0.29, 0.717) is 22.4 Å². The van der Waals surface area contributed by atoms with Crippen molar-refractivity contribution in [2.75, 3.05) is 12.8 Å². The highest BCUT2D eigenvalue weighted by Crippen LogP contribution is 2.37. The van der Waals surface area contributed by atoms with Crippen LogP contribution in [0.3, 0.4) is 0 Å². The molecule has 6 rings (SSSR count). The average molecular weight is 537 g/mol. The lowest BCUT2D eigenvalue weighted by Gasteiger charge is -2.23. The lowest BCUT2D eigenvalue weighted by Crippen LogP contribution is -2.48. The molecule has 1 aromatic carbocycles. The summed E-state index contributed by atoms with van der Waals surface area (Å²) >= 11 is 6.17. The maximum Gasteiger partial charge on any atom is 0.261 e. The zero-order chi connectivity index (χ0) is 26.4. The van der Waals surface area contributed by atoms with Crippen molar-refractivity contribution in [2.24, 2.45) is 0 Å². The fourth-order valence-electron chi connectivity index (χ4n) is 4.95. The summed E-state index contributed by atoms with van der Waals surface area (Å²) < 4.78 is 34.7. The monoisotopic (exact) mass is 536 g/mol. The van der Waals surface area contributed by atoms with E-state index in [2.05, 4.69) is 25.6 Å². The van der Waals surface area contributed by atoms with Gasteiger partial charge in [0.05, 0.1) is 28.0 Å². The molecule has 1 aliphatic carbocycles. The van der Waals surface area contributed by atoms with Gasteiger partial charge in [-0.25, -0.2) is 9.37 Å². The van der Waals surface area contributed by atoms with Crippen LogP contribution >= 0.6 is 11.6 Å². The summed E-state index contributed by atoms with van der Waals surface area (Å²) in [5, 5.41) is 15.8. The number of aromatic nitrogens is 8. The Labute approximate surface area is 220 Å². The second kappa shape index (κ2) is 9.45. The first-order valence-corrected chi connectivity index (χ1v) is 12.1. The smallest absolute Gasteiger partial charge is 0.261 e. The van der Waals surface area contributed by atoms with Crippen molar-refractivity contribution >= 4 is 17.4 Å². The van der Waals surface area contributed by atoms with Crippen LogP contribution in [-0.4, -0.2) is 42.1 Å². The van der Waals surface area contributed by atoms with E-state index < -0.39 is 11.8 Å². The van der Waals surface area contributed by atoms with E-state index in [1.54, 1.807) is 46.2 Å². The molecule has 13 heteroatoms. The summed E-state index contributed by atoms with van der Waals surface area (Å²) in [4.78, 5) is 9.45. The standard InChI is InChI=1S/C25H21ClF2N9O/c1-38-37-12-15(22-19(36-13-30-33-34-36)7-6-18(26)23(22)27)9-14-3-2-4-20(24(14)37)35-11-16(10-31-35)17-5-8-21(29)32-25(17)28/h5-13,20H,2-4H2,1H3,(H2,29,32)/q+1/t20-/m0/s1. The van der Waals surface area contributed by atoms with Gasteiger partial charge in [0.15, 0.2) is 5.82 Å². The molecule has 38 heavy (non-hydrogen) atoms. The Balaban J connectivity index is 1.46. The molecular weight excluding hydrogens is 516 g/mol. The Hall–Kier alpha value is -4.45. The fourth-order valence-corrected chi connectivity index (χ4v) is 5.11. The summed E-state index contributed by atoms with van der Waals surface area (Å²) in [5.41, 5.74) is 9.52. The second-order valence-corrected chi connectivity index (χ2v) is 9.26. The molecule has 0 saturated heterocycles. The van der Waals surface area contributed by atoms with Gasteiger partial charge in [0, 0.05) is 27.6 Å². The van der Waals surface area contributed by atoms with Crippen LogP contribution < -0.4 is 15.3 Å². The summed E-state index contributed by atoms with van der Waals surface area (Å²) in [6.45, 7) is 0. The highest BCUT2D eigenvalue weighted by molar-refractivity contribution is 6.31. The van der Waals surface area contributed by atoms with Gasteiger partial charge in [-0.05, 0) is 60.0 Å². The molecule has 10 nitrogen and oxygen atoms in total. The first-order chi connectivity index (χ1) is 18.4. The van der Waals surface area contributed by atoms with Crippen LogP contribution in [0.2, 0.25) is 5.02 Å². The van der Waals surface area contributed by atoms with Crippen molar-refractivity contribution in [3.05, 3.63) is 83.3 Å². The summed E-state index contributed by atoms with van der Waals surface area (Å²) in [6.07, 6.45) is 8.84. The van der Waals surface area contributed by atoms with Gasteiger partial charge in [-0.1, -0.05) is 11.6 Å². The minimum Gasteiger partial charge on any atom is -0.384 e. The topological polar surface area (TPSA) is 113 Å². The number of anilines is 1. The molecule has 0 radical (unpaired) electrons. The number of nitrogens with zero attached hydrogens (tertiary/aromatic N) is 8. The van der Waals surface area contributed by atoms with Gasteiger partial charge in [-0.15, -0.1) is 5.10 Å². The van der Waals surface area contributed by atoms with Crippen LogP contribution in [0.15, 0.2) is 55.2 Å². The molecule has 1 atom stereocenters. The first-order valence-electron chi connectivity index (χ1n) is 11.8. The number of hydrogen-bond donors (Lipinski definition) is 1. The van der Waals surface area contributed by atoms with Gasteiger partial charge in [-0.2, -0.15) is 14.2 Å². The Morgan fingerprint density at radius 1 is 1.18 bits per heavy atom. The number of nitrogens with two attached hydrogens (primary N) is 1. The summed E-state index contributed by atoms with van der Waals surface area (Å²) in [7, 11) is 1.54. The van der Waals surface area contributed by atoms with Crippen LogP contribution in [0.25, 0.3) is 27.9 Å². The Bertz CT molecular complexity index is 1640. The number of rotatable bonds is 5. The Kier molecular flexibility index (Phi) is 5.95. The number of fused-ring (bicyclic) bond motifs is 1. The molecule has 4 aromatic heterocycles. The van der Waals surface area contributed by atoms with E-state index in [1.807, 2.05) is 6.07 Å². The summed E-state index contributed by atoms with van der Waals surface area (Å²) in [5.74, 6) is -1.14. The SMILES string of the molecule is CO[n+]1cc(-c2c(-n3cnnn3)ccc(Cl)c2F)cc2c1[C@@H](n1cc(-c3ccc(N)nc3F)cn1)CCC2. The van der Waals surface area contributed by atoms with Crippen molar-refractivity contribution in [2.45, 2.75) is 25.3 Å². The molecule has 0 saturated carbocycles. The van der Waals surface area contributed by atoms with Gasteiger partial charge in [0.1, 0.15) is 25.3 Å². The van der Waals surface area contributed by atoms with E-state index in [9.17, 15) is 4.39 Å². The minimum absolute atomic E-state index is 0.0233. The first kappa shape index (κ1) is 23.9. The lowest BCUT2D eigenvalue weighted by atomic mass is 9.89. The molecule has 192 valence electrons. The molecule has 2 N–H and O–H groups in total. The number of nitrogen functional groups attached to an aromatic ring is 1. The number of tetrazole rings is 1. The van der Waals surface area contributed by atoms with Crippen molar-refractivity contribution in [3.63, 3.8) is 0 Å². The van der Waals surface area contributed by atoms with Crippen LogP contribution in [0.5, 0.6) is 0 Å². The van der Waals surface area contributed by atoms with Crippen LogP contribution in [0, 0.1) is 11.8 Å². The predicted octanol–water partition coefficient (Wildman–Crippen LogP) is 3.37. The van der Waals surface area contributed by atoms with Crippen LogP contribution in [-0.2, 0) is 6.42 Å². The molecule has 0 bridgehead atoms. The molecule has 1 aliphatic rings. The summed E-state index contributed by atoms with van der Waals surface area (Å²) in [6, 6.07) is 7.97. The van der Waals surface area contributed by atoms with Gasteiger partial charge < -0.3 is 5.73 Å². The second-order valence-electron chi connectivity index (χ2n) is 8.85. The van der Waals surface area contributed by atoms with Crippen molar-refractivity contribution in [3.8, 4) is 27.9 Å². The fraction of sp³-hybridized carbons (Fsp3) is 0.200. The molecule has 5 aromatic rings. The molecular formula is C25H21ClF2N9O+. The highest BCUT2D eigenvalue weighted by atomic mass is 35.5. The third kappa shape index (κ3) is 4.02. The normalized spacial score (nSPS) is 14.9. The average Bonchev–Trinajstić information content (AvgIpc) is 3.62. The highest BCUT2D eigenvalue weighted by Gasteiger charge is 2.35. The molecule has 0 fully saturated rings. The number of hydrogen-bond acceptors (Lipinski definition) is 7. The number of aryl methyl sites for hydroxylation is 1. The van der Waals surface area contributed by atoms with E-state index in [1.165, 1.54) is 24.2 Å². The van der Waals surface area contributed by atoms with E-state index in [-0.39, 0.29) is 22.4 Å². The number of halogens is 3. The maximum atomic E-state index is 15.4. The van der Waals surface area contributed by atoms with Gasteiger partial charge in [0.2, 0.25) is 12.1 Å². The lowest BCUT2D eigenvalue weighted by molar-refractivity contribution is -0.891. The zero-order valence-corrected chi connectivity index (χ0v) is 20.8. The van der Waals surface area contributed by atoms with Crippen LogP contribution in [0.1, 0.15) is 30.1 Å². The van der Waals surface area contributed by atoms with Crippen molar-refractivity contribution in [1.29, 1.82) is 0 Å². The minimum atomic E-state index is -0.660. The van der Waals surface area contributed by atoms with Gasteiger partial charge in [-0.3, -0.25) is 9.52 Å².